The summed E-state index contributed by atoms with van der Waals surface area (Å²) in [7, 11) is 1.86. The van der Waals surface area contributed by atoms with Gasteiger partial charge in [0, 0.05) is 34.9 Å². The second-order valence-corrected chi connectivity index (χ2v) is 5.34. The van der Waals surface area contributed by atoms with Gasteiger partial charge in [-0.3, -0.25) is 4.68 Å². The molecule has 0 bridgehead atoms. The third kappa shape index (κ3) is 2.79. The van der Waals surface area contributed by atoms with E-state index in [2.05, 4.69) is 36.4 Å². The molecule has 0 aliphatic heterocycles. The van der Waals surface area contributed by atoms with Crippen molar-refractivity contribution in [2.24, 2.45) is 12.9 Å². The van der Waals surface area contributed by atoms with E-state index in [0.29, 0.717) is 11.6 Å². The molecule has 3 aromatic rings. The summed E-state index contributed by atoms with van der Waals surface area (Å²) in [6.07, 6.45) is 3.65. The second kappa shape index (κ2) is 5.63. The summed E-state index contributed by atoms with van der Waals surface area (Å²) >= 11 is 3.52. The molecule has 6 nitrogen and oxygen atoms in total. The Balaban J connectivity index is 2.16. The first-order valence-corrected chi connectivity index (χ1v) is 7.06. The highest BCUT2D eigenvalue weighted by molar-refractivity contribution is 9.10. The van der Waals surface area contributed by atoms with Gasteiger partial charge in [0.15, 0.2) is 5.82 Å². The van der Waals surface area contributed by atoms with Gasteiger partial charge in [-0.15, -0.1) is 0 Å². The van der Waals surface area contributed by atoms with Gasteiger partial charge in [0.2, 0.25) is 0 Å². The normalized spacial score (nSPS) is 10.6. The molecule has 0 unspecified atom stereocenters. The van der Waals surface area contributed by atoms with E-state index < -0.39 is 0 Å². The third-order valence-corrected chi connectivity index (χ3v) is 3.68. The summed E-state index contributed by atoms with van der Waals surface area (Å²) in [5.74, 6) is 6.66. The maximum absolute atomic E-state index is 5.51. The van der Waals surface area contributed by atoms with Crippen LogP contribution >= 0.6 is 15.9 Å². The Morgan fingerprint density at radius 2 is 2.05 bits per heavy atom. The highest BCUT2D eigenvalue weighted by Gasteiger charge is 2.11. The second-order valence-electron chi connectivity index (χ2n) is 4.49. The molecular formula is C14H13BrN6. The fourth-order valence-electron chi connectivity index (χ4n) is 1.99. The summed E-state index contributed by atoms with van der Waals surface area (Å²) in [4.78, 5) is 9.02. The van der Waals surface area contributed by atoms with Gasteiger partial charge in [-0.2, -0.15) is 5.10 Å². The first-order chi connectivity index (χ1) is 10.2. The van der Waals surface area contributed by atoms with E-state index in [-0.39, 0.29) is 0 Å². The summed E-state index contributed by atoms with van der Waals surface area (Å²) < 4.78 is 2.65. The Morgan fingerprint density at radius 1 is 1.24 bits per heavy atom. The number of nitrogens with one attached hydrogen (secondary N) is 1. The van der Waals surface area contributed by atoms with Crippen molar-refractivity contribution in [3.8, 4) is 22.6 Å². The summed E-state index contributed by atoms with van der Waals surface area (Å²) in [6.45, 7) is 0. The number of hydrogen-bond acceptors (Lipinski definition) is 5. The van der Waals surface area contributed by atoms with E-state index in [1.54, 1.807) is 16.9 Å². The van der Waals surface area contributed by atoms with Gasteiger partial charge in [0.25, 0.3) is 0 Å². The van der Waals surface area contributed by atoms with Crippen molar-refractivity contribution in [2.75, 3.05) is 5.43 Å². The zero-order chi connectivity index (χ0) is 14.8. The fraction of sp³-hybridized carbons (Fsp3) is 0.0714. The summed E-state index contributed by atoms with van der Waals surface area (Å²) in [5, 5.41) is 4.16. The lowest BCUT2D eigenvalue weighted by Gasteiger charge is -2.08. The monoisotopic (exact) mass is 344 g/mol. The van der Waals surface area contributed by atoms with Crippen molar-refractivity contribution < 1.29 is 0 Å². The lowest BCUT2D eigenvalue weighted by Crippen LogP contribution is -2.10. The maximum Gasteiger partial charge on any atom is 0.163 e. The molecule has 0 radical (unpaired) electrons. The molecule has 2 heterocycles. The Morgan fingerprint density at radius 3 is 2.71 bits per heavy atom. The van der Waals surface area contributed by atoms with Crippen molar-refractivity contribution in [3.63, 3.8) is 0 Å². The highest BCUT2D eigenvalue weighted by Crippen LogP contribution is 2.28. The Labute approximate surface area is 130 Å². The van der Waals surface area contributed by atoms with Crippen molar-refractivity contribution in [2.45, 2.75) is 0 Å². The van der Waals surface area contributed by atoms with E-state index in [4.69, 9.17) is 5.84 Å². The van der Waals surface area contributed by atoms with Crippen LogP contribution in [0, 0.1) is 0 Å². The van der Waals surface area contributed by atoms with Gasteiger partial charge in [-0.05, 0) is 6.07 Å². The molecule has 7 heteroatoms. The van der Waals surface area contributed by atoms with Crippen LogP contribution in [0.1, 0.15) is 0 Å². The van der Waals surface area contributed by atoms with Gasteiger partial charge in [-0.25, -0.2) is 15.8 Å². The topological polar surface area (TPSA) is 81.7 Å². The predicted molar refractivity (Wildman–Crippen MR) is 85.2 cm³/mol. The van der Waals surface area contributed by atoms with Gasteiger partial charge in [0.1, 0.15) is 5.82 Å². The minimum Gasteiger partial charge on any atom is -0.308 e. The fourth-order valence-corrected chi connectivity index (χ4v) is 2.45. The number of rotatable bonds is 3. The van der Waals surface area contributed by atoms with Gasteiger partial charge < -0.3 is 5.43 Å². The standard InChI is InChI=1S/C14H13BrN6/c1-21-8-9(7-17-21)12-6-13(20-16)19-14(18-12)10-4-2-3-5-11(10)15/h2-8H,16H2,1H3,(H,18,19,20). The minimum atomic E-state index is 0.551. The lowest BCUT2D eigenvalue weighted by molar-refractivity contribution is 0.768. The Hall–Kier alpha value is -2.25. The van der Waals surface area contributed by atoms with Crippen LogP contribution in [0.5, 0.6) is 0 Å². The van der Waals surface area contributed by atoms with E-state index in [9.17, 15) is 0 Å². The number of nitrogen functional groups attached to an aromatic ring is 1. The number of nitrogens with zero attached hydrogens (tertiary/aromatic N) is 4. The quantitative estimate of drug-likeness (QED) is 0.563. The molecule has 21 heavy (non-hydrogen) atoms. The number of aryl methyl sites for hydroxylation is 1. The van der Waals surface area contributed by atoms with E-state index in [1.807, 2.05) is 37.5 Å². The molecule has 3 N–H and O–H groups in total. The SMILES string of the molecule is Cn1cc(-c2cc(NN)nc(-c3ccccc3Br)n2)cn1. The first kappa shape index (κ1) is 13.7. The van der Waals surface area contributed by atoms with E-state index in [1.165, 1.54) is 0 Å². The molecule has 0 aliphatic carbocycles. The molecule has 2 aromatic heterocycles. The zero-order valence-corrected chi connectivity index (χ0v) is 12.9. The molecule has 0 fully saturated rings. The van der Waals surface area contributed by atoms with Crippen LogP contribution in [0.25, 0.3) is 22.6 Å². The van der Waals surface area contributed by atoms with Crippen LogP contribution in [-0.4, -0.2) is 19.7 Å². The lowest BCUT2D eigenvalue weighted by atomic mass is 10.2. The van der Waals surface area contributed by atoms with Crippen LogP contribution in [0.2, 0.25) is 0 Å². The zero-order valence-electron chi connectivity index (χ0n) is 11.3. The maximum atomic E-state index is 5.51. The van der Waals surface area contributed by atoms with Crippen LogP contribution in [0.15, 0.2) is 47.2 Å². The molecule has 0 atom stereocenters. The van der Waals surface area contributed by atoms with E-state index >= 15 is 0 Å². The molecule has 0 spiro atoms. The van der Waals surface area contributed by atoms with Crippen LogP contribution in [-0.2, 0) is 7.05 Å². The van der Waals surface area contributed by atoms with Gasteiger partial charge >= 0.3 is 0 Å². The Bertz CT molecular complexity index is 783. The average molecular weight is 345 g/mol. The predicted octanol–water partition coefficient (Wildman–Crippen LogP) is 2.59. The molecule has 0 aliphatic rings. The average Bonchev–Trinajstić information content (AvgIpc) is 2.94. The molecule has 0 amide bonds. The number of aromatic nitrogens is 4. The van der Waals surface area contributed by atoms with E-state index in [0.717, 1.165) is 21.3 Å². The molecule has 106 valence electrons. The summed E-state index contributed by atoms with van der Waals surface area (Å²) in [5.41, 5.74) is 5.15. The summed E-state index contributed by atoms with van der Waals surface area (Å²) in [6, 6.07) is 9.57. The third-order valence-electron chi connectivity index (χ3n) is 2.99. The largest absolute Gasteiger partial charge is 0.308 e. The highest BCUT2D eigenvalue weighted by atomic mass is 79.9. The van der Waals surface area contributed by atoms with Crippen molar-refractivity contribution in [1.82, 2.24) is 19.7 Å². The molecule has 0 saturated carbocycles. The molecule has 1 aromatic carbocycles. The van der Waals surface area contributed by atoms with Crippen LogP contribution < -0.4 is 11.3 Å². The Kier molecular flexibility index (Phi) is 3.68. The smallest absolute Gasteiger partial charge is 0.163 e. The van der Waals surface area contributed by atoms with Gasteiger partial charge in [0.05, 0.1) is 11.9 Å². The van der Waals surface area contributed by atoms with Crippen LogP contribution in [0.4, 0.5) is 5.82 Å². The molecule has 0 saturated heterocycles. The number of anilines is 1. The minimum absolute atomic E-state index is 0.551. The molecule has 3 rings (SSSR count). The number of halogens is 1. The van der Waals surface area contributed by atoms with Crippen molar-refractivity contribution in [1.29, 1.82) is 0 Å². The number of nitrogens with two attached hydrogens (primary N) is 1. The number of hydrazine groups is 1. The van der Waals surface area contributed by atoms with Crippen molar-refractivity contribution >= 4 is 21.7 Å². The number of hydrogen-bond donors (Lipinski definition) is 2. The first-order valence-electron chi connectivity index (χ1n) is 6.27. The van der Waals surface area contributed by atoms with Crippen molar-refractivity contribution in [3.05, 3.63) is 47.2 Å². The molecular weight excluding hydrogens is 332 g/mol. The number of benzene rings is 1. The van der Waals surface area contributed by atoms with Gasteiger partial charge in [-0.1, -0.05) is 34.1 Å². The van der Waals surface area contributed by atoms with Crippen LogP contribution in [0.3, 0.4) is 0 Å².